The maximum absolute atomic E-state index is 6.20. The lowest BCUT2D eigenvalue weighted by Crippen LogP contribution is -2.41. The molecular formula is C25H29BN2O3S. The summed E-state index contributed by atoms with van der Waals surface area (Å²) >= 11 is 1.68. The molecule has 5 nitrogen and oxygen atoms in total. The number of nitrogens with zero attached hydrogens (tertiary/aromatic N) is 2. The van der Waals surface area contributed by atoms with Gasteiger partial charge in [-0.3, -0.25) is 0 Å². The van der Waals surface area contributed by atoms with Crippen molar-refractivity contribution < 1.29 is 14.0 Å². The van der Waals surface area contributed by atoms with Gasteiger partial charge in [0, 0.05) is 18.8 Å². The monoisotopic (exact) mass is 448 g/mol. The Labute approximate surface area is 194 Å². The van der Waals surface area contributed by atoms with E-state index < -0.39 is 0 Å². The average molecular weight is 448 g/mol. The van der Waals surface area contributed by atoms with Crippen LogP contribution in [0.1, 0.15) is 38.3 Å². The molecule has 5 rings (SSSR count). The Bertz CT molecular complexity index is 1120. The van der Waals surface area contributed by atoms with Crippen molar-refractivity contribution >= 4 is 52.0 Å². The van der Waals surface area contributed by atoms with Crippen LogP contribution in [0.4, 0.5) is 5.69 Å². The molecule has 0 aliphatic carbocycles. The fourth-order valence-electron chi connectivity index (χ4n) is 3.94. The Kier molecular flexibility index (Phi) is 5.62. The largest absolute Gasteiger partial charge is 0.494 e. The number of hydrogen-bond donors (Lipinski definition) is 0. The van der Waals surface area contributed by atoms with E-state index in [9.17, 15) is 0 Å². The fraction of sp³-hybridized carbons (Fsp3) is 0.400. The van der Waals surface area contributed by atoms with Gasteiger partial charge >= 0.3 is 7.12 Å². The van der Waals surface area contributed by atoms with Gasteiger partial charge in [0.2, 0.25) is 0 Å². The summed E-state index contributed by atoms with van der Waals surface area (Å²) in [6.45, 7) is 11.8. The molecule has 0 amide bonds. The predicted molar refractivity (Wildman–Crippen MR) is 134 cm³/mol. The number of aromatic nitrogens is 1. The molecule has 1 aromatic heterocycles. The Morgan fingerprint density at radius 2 is 1.62 bits per heavy atom. The highest BCUT2D eigenvalue weighted by molar-refractivity contribution is 7.19. The quantitative estimate of drug-likeness (QED) is 0.546. The Morgan fingerprint density at radius 1 is 0.938 bits per heavy atom. The van der Waals surface area contributed by atoms with Gasteiger partial charge in [0.05, 0.1) is 34.6 Å². The second-order valence-corrected chi connectivity index (χ2v) is 10.5. The Hall–Kier alpha value is -2.19. The number of fused-ring (bicyclic) bond motifs is 1. The standard InChI is InChI=1S/C25H29BN2O3S/c1-24(2)25(3,4)31-26(30-24)19-8-11-21-22(17-19)32-23(27-21)12-7-18-5-9-20(10-6-18)28-13-15-29-16-14-28/h5-12,17H,13-16H2,1-4H3. The molecular weight excluding hydrogens is 419 g/mol. The Morgan fingerprint density at radius 3 is 2.31 bits per heavy atom. The summed E-state index contributed by atoms with van der Waals surface area (Å²) in [7, 11) is -0.351. The molecule has 2 fully saturated rings. The normalized spacial score (nSPS) is 20.5. The van der Waals surface area contributed by atoms with E-state index in [-0.39, 0.29) is 18.3 Å². The number of anilines is 1. The summed E-state index contributed by atoms with van der Waals surface area (Å²) in [5, 5.41) is 0.989. The smallest absolute Gasteiger partial charge is 0.399 e. The molecule has 0 bridgehead atoms. The molecule has 0 unspecified atom stereocenters. The lowest BCUT2D eigenvalue weighted by molar-refractivity contribution is 0.00578. The van der Waals surface area contributed by atoms with Crippen LogP contribution in [0, 0.1) is 0 Å². The highest BCUT2D eigenvalue weighted by atomic mass is 32.1. The fourth-order valence-corrected chi connectivity index (χ4v) is 4.86. The van der Waals surface area contributed by atoms with Gasteiger partial charge in [0.15, 0.2) is 0 Å². The first kappa shape index (κ1) is 21.6. The molecule has 2 aliphatic heterocycles. The summed E-state index contributed by atoms with van der Waals surface area (Å²) < 4.78 is 19.0. The second kappa shape index (κ2) is 8.30. The van der Waals surface area contributed by atoms with Crippen LogP contribution in [0.2, 0.25) is 0 Å². The number of ether oxygens (including phenoxy) is 1. The SMILES string of the molecule is CC1(C)OB(c2ccc3nc(C=Cc4ccc(N5CCOCC5)cc4)sc3c2)OC1(C)C. The highest BCUT2D eigenvalue weighted by Gasteiger charge is 2.51. The minimum absolute atomic E-state index is 0.342. The van der Waals surface area contributed by atoms with Gasteiger partial charge in [-0.1, -0.05) is 24.3 Å². The molecule has 0 saturated carbocycles. The van der Waals surface area contributed by atoms with Crippen molar-refractivity contribution in [3.8, 4) is 0 Å². The van der Waals surface area contributed by atoms with Crippen LogP contribution in [-0.2, 0) is 14.0 Å². The van der Waals surface area contributed by atoms with Crippen molar-refractivity contribution in [2.45, 2.75) is 38.9 Å². The number of rotatable bonds is 4. The lowest BCUT2D eigenvalue weighted by Gasteiger charge is -2.32. The van der Waals surface area contributed by atoms with Crippen LogP contribution >= 0.6 is 11.3 Å². The van der Waals surface area contributed by atoms with Crippen LogP contribution in [0.15, 0.2) is 42.5 Å². The third-order valence-electron chi connectivity index (χ3n) is 6.64. The predicted octanol–water partition coefficient (Wildman–Crippen LogP) is 4.60. The van der Waals surface area contributed by atoms with Gasteiger partial charge in [0.25, 0.3) is 0 Å². The van der Waals surface area contributed by atoms with E-state index >= 15 is 0 Å². The van der Waals surface area contributed by atoms with E-state index in [4.69, 9.17) is 19.0 Å². The molecule has 3 heterocycles. The zero-order valence-electron chi connectivity index (χ0n) is 19.1. The summed E-state index contributed by atoms with van der Waals surface area (Å²) in [5.41, 5.74) is 3.77. The van der Waals surface area contributed by atoms with Crippen LogP contribution in [-0.4, -0.2) is 49.6 Å². The van der Waals surface area contributed by atoms with Crippen LogP contribution in [0.25, 0.3) is 22.4 Å². The number of hydrogen-bond acceptors (Lipinski definition) is 6. The maximum Gasteiger partial charge on any atom is 0.494 e. The molecule has 3 aromatic rings. The minimum atomic E-state index is -0.351. The summed E-state index contributed by atoms with van der Waals surface area (Å²) in [6.07, 6.45) is 4.21. The topological polar surface area (TPSA) is 43.8 Å². The lowest BCUT2D eigenvalue weighted by atomic mass is 9.79. The van der Waals surface area contributed by atoms with Crippen molar-refractivity contribution in [1.29, 1.82) is 0 Å². The average Bonchev–Trinajstić information content (AvgIpc) is 3.29. The molecule has 32 heavy (non-hydrogen) atoms. The first-order chi connectivity index (χ1) is 15.3. The third kappa shape index (κ3) is 4.22. The molecule has 2 aliphatic rings. The molecule has 7 heteroatoms. The van der Waals surface area contributed by atoms with E-state index in [1.165, 1.54) is 11.3 Å². The first-order valence-electron chi connectivity index (χ1n) is 11.2. The maximum atomic E-state index is 6.20. The van der Waals surface area contributed by atoms with Crippen molar-refractivity contribution in [2.75, 3.05) is 31.2 Å². The number of thiazole rings is 1. The number of benzene rings is 2. The Balaban J connectivity index is 1.30. The minimum Gasteiger partial charge on any atom is -0.399 e. The summed E-state index contributed by atoms with van der Waals surface area (Å²) in [5.74, 6) is 0. The van der Waals surface area contributed by atoms with Crippen LogP contribution < -0.4 is 10.4 Å². The zero-order valence-corrected chi connectivity index (χ0v) is 19.9. The molecule has 2 aromatic carbocycles. The molecule has 166 valence electrons. The van der Waals surface area contributed by atoms with Gasteiger partial charge in [-0.2, -0.15) is 0 Å². The first-order valence-corrected chi connectivity index (χ1v) is 12.0. The molecule has 0 spiro atoms. The van der Waals surface area contributed by atoms with Gasteiger partial charge in [-0.25, -0.2) is 4.98 Å². The van der Waals surface area contributed by atoms with Gasteiger partial charge < -0.3 is 18.9 Å². The van der Waals surface area contributed by atoms with Gasteiger partial charge in [0.1, 0.15) is 5.01 Å². The van der Waals surface area contributed by atoms with Crippen LogP contribution in [0.5, 0.6) is 0 Å². The number of morpholine rings is 1. The third-order valence-corrected chi connectivity index (χ3v) is 7.63. The van der Waals surface area contributed by atoms with Crippen molar-refractivity contribution in [3.63, 3.8) is 0 Å². The molecule has 0 atom stereocenters. The zero-order chi connectivity index (χ0) is 22.3. The van der Waals surface area contributed by atoms with Gasteiger partial charge in [-0.15, -0.1) is 11.3 Å². The van der Waals surface area contributed by atoms with Crippen molar-refractivity contribution in [2.24, 2.45) is 0 Å². The highest BCUT2D eigenvalue weighted by Crippen LogP contribution is 2.36. The molecule has 0 N–H and O–H groups in total. The van der Waals surface area contributed by atoms with E-state index in [0.717, 1.165) is 47.0 Å². The van der Waals surface area contributed by atoms with E-state index in [1.807, 2.05) is 0 Å². The second-order valence-electron chi connectivity index (χ2n) is 9.39. The van der Waals surface area contributed by atoms with E-state index in [0.29, 0.717) is 0 Å². The summed E-state index contributed by atoms with van der Waals surface area (Å²) in [4.78, 5) is 7.13. The van der Waals surface area contributed by atoms with Crippen molar-refractivity contribution in [3.05, 3.63) is 53.0 Å². The van der Waals surface area contributed by atoms with E-state index in [1.54, 1.807) is 11.3 Å². The van der Waals surface area contributed by atoms with Gasteiger partial charge in [-0.05, 0) is 69.1 Å². The molecule has 2 saturated heterocycles. The van der Waals surface area contributed by atoms with E-state index in [2.05, 4.69) is 87.2 Å². The molecule has 0 radical (unpaired) electrons. The van der Waals surface area contributed by atoms with Crippen LogP contribution in [0.3, 0.4) is 0 Å². The summed E-state index contributed by atoms with van der Waals surface area (Å²) in [6, 6.07) is 14.9. The van der Waals surface area contributed by atoms with Crippen molar-refractivity contribution in [1.82, 2.24) is 4.98 Å².